The highest BCUT2D eigenvalue weighted by molar-refractivity contribution is 5.78. The van der Waals surface area contributed by atoms with E-state index >= 15 is 0 Å². The van der Waals surface area contributed by atoms with Crippen LogP contribution >= 0.6 is 0 Å². The van der Waals surface area contributed by atoms with Crippen molar-refractivity contribution in [3.05, 3.63) is 36.3 Å². The molecular weight excluding hydrogens is 524 g/mol. The van der Waals surface area contributed by atoms with Gasteiger partial charge in [0.05, 0.1) is 49.3 Å². The number of ether oxygens (including phenoxy) is 2. The summed E-state index contributed by atoms with van der Waals surface area (Å²) in [4.78, 5) is 31.1. The summed E-state index contributed by atoms with van der Waals surface area (Å²) in [6.45, 7) is 6.63. The van der Waals surface area contributed by atoms with E-state index in [0.717, 1.165) is 32.8 Å². The van der Waals surface area contributed by atoms with Gasteiger partial charge in [-0.3, -0.25) is 9.47 Å². The molecule has 4 aromatic rings. The number of alkyl halides is 2. The molecule has 0 amide bonds. The number of morpholine rings is 2. The fraction of sp³-hybridized carbons (Fsp3) is 0.440. The lowest BCUT2D eigenvalue weighted by Crippen LogP contribution is -2.39. The Morgan fingerprint density at radius 1 is 0.900 bits per heavy atom. The van der Waals surface area contributed by atoms with Crippen LogP contribution in [0.1, 0.15) is 12.2 Å². The van der Waals surface area contributed by atoms with Crippen molar-refractivity contribution in [1.29, 1.82) is 0 Å². The van der Waals surface area contributed by atoms with Crippen LogP contribution in [0.3, 0.4) is 0 Å². The lowest BCUT2D eigenvalue weighted by molar-refractivity contribution is 0.0398. The van der Waals surface area contributed by atoms with Crippen LogP contribution in [0.5, 0.6) is 0 Å². The Kier molecular flexibility index (Phi) is 7.57. The van der Waals surface area contributed by atoms with Gasteiger partial charge in [-0.1, -0.05) is 12.1 Å². The Bertz CT molecular complexity index is 1470. The third-order valence-electron chi connectivity index (χ3n) is 6.73. The number of rotatable bonds is 8. The third-order valence-corrected chi connectivity index (χ3v) is 6.73. The second kappa shape index (κ2) is 11.6. The summed E-state index contributed by atoms with van der Waals surface area (Å²) >= 11 is 0. The van der Waals surface area contributed by atoms with E-state index in [1.165, 1.54) is 10.8 Å². The first-order valence-electron chi connectivity index (χ1n) is 13.1. The molecule has 0 unspecified atom stereocenters. The van der Waals surface area contributed by atoms with Crippen LogP contribution in [0, 0.1) is 0 Å². The molecule has 0 radical (unpaired) electrons. The maximum atomic E-state index is 14.2. The summed E-state index contributed by atoms with van der Waals surface area (Å²) in [5.74, 6) is 0.332. The standard InChI is InChI=1S/C25H29F2N11O2/c26-20(27)22-31-17-3-1-2-4-18(17)38(22)25-34-21(33-24(35-25)37-9-13-40-14-10-37)19-16(28)15-30-23(32-19)29-5-6-36-7-11-39-12-8-36/h1-4,15,20H,5-14,28H2,(H,29,30,32). The summed E-state index contributed by atoms with van der Waals surface area (Å²) in [5, 5.41) is 3.22. The second-order valence-corrected chi connectivity index (χ2v) is 9.33. The minimum absolute atomic E-state index is 0.00432. The first-order chi connectivity index (χ1) is 19.6. The number of anilines is 3. The van der Waals surface area contributed by atoms with Crippen molar-refractivity contribution in [2.75, 3.05) is 81.6 Å². The number of imidazole rings is 1. The van der Waals surface area contributed by atoms with E-state index in [9.17, 15) is 8.78 Å². The molecule has 2 fully saturated rings. The van der Waals surface area contributed by atoms with Crippen molar-refractivity contribution in [2.45, 2.75) is 6.43 Å². The molecule has 2 saturated heterocycles. The van der Waals surface area contributed by atoms with E-state index in [-0.39, 0.29) is 23.2 Å². The molecule has 2 aliphatic rings. The van der Waals surface area contributed by atoms with Gasteiger partial charge < -0.3 is 25.4 Å². The van der Waals surface area contributed by atoms with E-state index in [0.29, 0.717) is 55.8 Å². The summed E-state index contributed by atoms with van der Waals surface area (Å²) in [6.07, 6.45) is -1.38. The van der Waals surface area contributed by atoms with Crippen molar-refractivity contribution >= 4 is 28.6 Å². The number of benzene rings is 1. The van der Waals surface area contributed by atoms with Crippen molar-refractivity contribution < 1.29 is 18.3 Å². The molecule has 1 aromatic carbocycles. The predicted octanol–water partition coefficient (Wildman–Crippen LogP) is 1.77. The molecule has 0 bridgehead atoms. The van der Waals surface area contributed by atoms with Crippen LogP contribution in [-0.4, -0.2) is 105 Å². The lowest BCUT2D eigenvalue weighted by atomic mass is 10.3. The topological polar surface area (TPSA) is 145 Å². The van der Waals surface area contributed by atoms with Gasteiger partial charge in [-0.2, -0.15) is 15.0 Å². The maximum absolute atomic E-state index is 14.2. The Morgan fingerprint density at radius 3 is 2.40 bits per heavy atom. The Hall–Kier alpha value is -4.08. The highest BCUT2D eigenvalue weighted by Crippen LogP contribution is 2.29. The number of para-hydroxylation sites is 2. The second-order valence-electron chi connectivity index (χ2n) is 9.33. The van der Waals surface area contributed by atoms with Gasteiger partial charge in [0, 0.05) is 39.3 Å². The van der Waals surface area contributed by atoms with Crippen LogP contribution in [0.15, 0.2) is 30.5 Å². The van der Waals surface area contributed by atoms with E-state index in [1.807, 2.05) is 4.90 Å². The molecule has 3 N–H and O–H groups in total. The molecule has 40 heavy (non-hydrogen) atoms. The highest BCUT2D eigenvalue weighted by atomic mass is 19.3. The number of halogens is 2. The molecule has 2 aliphatic heterocycles. The molecular formula is C25H29F2N11O2. The lowest BCUT2D eigenvalue weighted by Gasteiger charge is -2.27. The number of aromatic nitrogens is 7. The van der Waals surface area contributed by atoms with Crippen LogP contribution in [0.4, 0.5) is 26.4 Å². The average Bonchev–Trinajstić information content (AvgIpc) is 3.39. The Labute approximate surface area is 228 Å². The van der Waals surface area contributed by atoms with Gasteiger partial charge in [-0.05, 0) is 12.1 Å². The minimum Gasteiger partial charge on any atom is -0.396 e. The summed E-state index contributed by atoms with van der Waals surface area (Å²) < 4.78 is 40.5. The zero-order chi connectivity index (χ0) is 27.5. The number of fused-ring (bicyclic) bond motifs is 1. The molecule has 0 aliphatic carbocycles. The number of nitrogens with zero attached hydrogens (tertiary/aromatic N) is 9. The Morgan fingerprint density at radius 2 is 1.62 bits per heavy atom. The number of nitrogen functional groups attached to an aromatic ring is 1. The fourth-order valence-electron chi connectivity index (χ4n) is 4.67. The average molecular weight is 554 g/mol. The normalized spacial score (nSPS) is 16.6. The first kappa shape index (κ1) is 26.2. The quantitative estimate of drug-likeness (QED) is 0.328. The zero-order valence-electron chi connectivity index (χ0n) is 21.7. The van der Waals surface area contributed by atoms with Crippen LogP contribution in [-0.2, 0) is 9.47 Å². The molecule has 6 rings (SSSR count). The molecule has 0 atom stereocenters. The van der Waals surface area contributed by atoms with E-state index < -0.39 is 12.2 Å². The number of hydrogen-bond donors (Lipinski definition) is 2. The summed E-state index contributed by atoms with van der Waals surface area (Å²) in [7, 11) is 0. The fourth-order valence-corrected chi connectivity index (χ4v) is 4.67. The number of hydrogen-bond acceptors (Lipinski definition) is 12. The van der Waals surface area contributed by atoms with Crippen molar-refractivity contribution in [1.82, 2.24) is 39.4 Å². The minimum atomic E-state index is -2.86. The molecule has 0 spiro atoms. The maximum Gasteiger partial charge on any atom is 0.296 e. The number of nitrogens with two attached hydrogens (primary N) is 1. The van der Waals surface area contributed by atoms with Gasteiger partial charge in [0.15, 0.2) is 11.6 Å². The molecule has 5 heterocycles. The molecule has 0 saturated carbocycles. The highest BCUT2D eigenvalue weighted by Gasteiger charge is 2.25. The first-order valence-corrected chi connectivity index (χ1v) is 13.1. The SMILES string of the molecule is Nc1cnc(NCCN2CCOCC2)nc1-c1nc(N2CCOCC2)nc(-n2c(C(F)F)nc3ccccc32)n1. The molecule has 210 valence electrons. The van der Waals surface area contributed by atoms with Gasteiger partial charge in [0.2, 0.25) is 17.8 Å². The van der Waals surface area contributed by atoms with E-state index in [2.05, 4.69) is 40.1 Å². The molecule has 15 heteroatoms. The van der Waals surface area contributed by atoms with Gasteiger partial charge in [0.25, 0.3) is 6.43 Å². The van der Waals surface area contributed by atoms with Crippen LogP contribution in [0.2, 0.25) is 0 Å². The van der Waals surface area contributed by atoms with Crippen molar-refractivity contribution in [3.8, 4) is 17.5 Å². The van der Waals surface area contributed by atoms with Gasteiger partial charge in [-0.25, -0.2) is 23.7 Å². The largest absolute Gasteiger partial charge is 0.396 e. The predicted molar refractivity (Wildman–Crippen MR) is 144 cm³/mol. The van der Waals surface area contributed by atoms with E-state index in [1.54, 1.807) is 24.3 Å². The zero-order valence-corrected chi connectivity index (χ0v) is 21.7. The van der Waals surface area contributed by atoms with Crippen molar-refractivity contribution in [2.24, 2.45) is 0 Å². The summed E-state index contributed by atoms with van der Waals surface area (Å²) in [5.41, 5.74) is 7.65. The van der Waals surface area contributed by atoms with E-state index in [4.69, 9.17) is 15.2 Å². The summed E-state index contributed by atoms with van der Waals surface area (Å²) in [6, 6.07) is 6.85. The van der Waals surface area contributed by atoms with Crippen molar-refractivity contribution in [3.63, 3.8) is 0 Å². The van der Waals surface area contributed by atoms with Gasteiger partial charge in [-0.15, -0.1) is 0 Å². The van der Waals surface area contributed by atoms with Gasteiger partial charge >= 0.3 is 0 Å². The third kappa shape index (κ3) is 5.48. The Balaban J connectivity index is 1.39. The molecule has 3 aromatic heterocycles. The monoisotopic (exact) mass is 553 g/mol. The number of nitrogens with one attached hydrogen (secondary N) is 1. The van der Waals surface area contributed by atoms with Crippen LogP contribution in [0.25, 0.3) is 28.5 Å². The van der Waals surface area contributed by atoms with Gasteiger partial charge in [0.1, 0.15) is 5.69 Å². The smallest absolute Gasteiger partial charge is 0.296 e. The molecule has 13 nitrogen and oxygen atoms in total. The van der Waals surface area contributed by atoms with Crippen LogP contribution < -0.4 is 16.0 Å².